The number of aromatic hydroxyl groups is 1. The second-order valence-electron chi connectivity index (χ2n) is 3.63. The number of aromatic nitrogens is 1. The molecule has 0 saturated carbocycles. The lowest BCUT2D eigenvalue weighted by molar-refractivity contribution is 0.0691. The Kier molecular flexibility index (Phi) is 4.26. The molecule has 6 heteroatoms. The number of H-pyrrole nitrogens is 1. The Balaban J connectivity index is 3.25. The van der Waals surface area contributed by atoms with Gasteiger partial charge in [0.25, 0.3) is 5.56 Å². The molecule has 1 atom stereocenters. The fraction of sp³-hybridized carbons (Fsp3) is 0.455. The molecule has 0 fully saturated rings. The highest BCUT2D eigenvalue weighted by Crippen LogP contribution is 2.27. The summed E-state index contributed by atoms with van der Waals surface area (Å²) in [5.41, 5.74) is 5.54. The standard InChI is InChI=1S/C11H15N3O3/c1-6-8(5-13)10(15)14-11(16)9(6)7(2)17-4-3-12/h7H,3-4,12H2,1-2H3,(H2,14,15,16). The van der Waals surface area contributed by atoms with Gasteiger partial charge < -0.3 is 15.6 Å². The van der Waals surface area contributed by atoms with Crippen LogP contribution in [0.4, 0.5) is 0 Å². The monoisotopic (exact) mass is 237 g/mol. The summed E-state index contributed by atoms with van der Waals surface area (Å²) in [7, 11) is 0. The number of hydrogen-bond acceptors (Lipinski definition) is 5. The minimum atomic E-state index is -0.600. The van der Waals surface area contributed by atoms with Gasteiger partial charge in [-0.3, -0.25) is 9.78 Å². The lowest BCUT2D eigenvalue weighted by atomic mass is 10.0. The maximum atomic E-state index is 11.4. The first-order chi connectivity index (χ1) is 8.02. The van der Waals surface area contributed by atoms with Crippen molar-refractivity contribution in [2.24, 2.45) is 5.73 Å². The second kappa shape index (κ2) is 5.48. The molecule has 0 aliphatic heterocycles. The van der Waals surface area contributed by atoms with Gasteiger partial charge in [0.05, 0.1) is 12.7 Å². The van der Waals surface area contributed by atoms with E-state index in [-0.39, 0.29) is 11.4 Å². The Morgan fingerprint density at radius 2 is 2.29 bits per heavy atom. The topological polar surface area (TPSA) is 112 Å². The average molecular weight is 237 g/mol. The zero-order chi connectivity index (χ0) is 13.0. The summed E-state index contributed by atoms with van der Waals surface area (Å²) in [5.74, 6) is -0.268. The van der Waals surface area contributed by atoms with Crippen LogP contribution in [0, 0.1) is 18.3 Å². The number of nitrogens with one attached hydrogen (secondary N) is 1. The normalized spacial score (nSPS) is 12.1. The molecule has 0 radical (unpaired) electrons. The Labute approximate surface area is 98.6 Å². The van der Waals surface area contributed by atoms with Crippen molar-refractivity contribution in [1.82, 2.24) is 4.98 Å². The van der Waals surface area contributed by atoms with Gasteiger partial charge >= 0.3 is 0 Å². The molecule has 1 unspecified atom stereocenters. The molecule has 0 amide bonds. The Morgan fingerprint density at radius 3 is 2.82 bits per heavy atom. The largest absolute Gasteiger partial charge is 0.494 e. The molecular formula is C11H15N3O3. The molecule has 4 N–H and O–H groups in total. The number of hydrogen-bond donors (Lipinski definition) is 3. The van der Waals surface area contributed by atoms with E-state index >= 15 is 0 Å². The van der Waals surface area contributed by atoms with E-state index in [1.54, 1.807) is 13.8 Å². The molecule has 1 heterocycles. The van der Waals surface area contributed by atoms with Crippen LogP contribution in [0.2, 0.25) is 0 Å². The van der Waals surface area contributed by atoms with Crippen molar-refractivity contribution in [2.45, 2.75) is 20.0 Å². The van der Waals surface area contributed by atoms with Crippen molar-refractivity contribution in [2.75, 3.05) is 13.2 Å². The van der Waals surface area contributed by atoms with Crippen LogP contribution in [0.5, 0.6) is 5.88 Å². The van der Waals surface area contributed by atoms with Gasteiger partial charge in [0, 0.05) is 12.1 Å². The fourth-order valence-electron chi connectivity index (χ4n) is 1.68. The van der Waals surface area contributed by atoms with E-state index in [1.807, 2.05) is 6.07 Å². The number of nitrogens with two attached hydrogens (primary N) is 1. The number of nitriles is 1. The maximum absolute atomic E-state index is 11.4. The van der Waals surface area contributed by atoms with Crippen molar-refractivity contribution >= 4 is 0 Å². The van der Waals surface area contributed by atoms with Crippen LogP contribution in [-0.4, -0.2) is 23.2 Å². The number of ether oxygens (including phenoxy) is 1. The average Bonchev–Trinajstić information content (AvgIpc) is 2.26. The first-order valence-corrected chi connectivity index (χ1v) is 5.20. The predicted octanol–water partition coefficient (Wildman–Crippen LogP) is 0.297. The molecule has 6 nitrogen and oxygen atoms in total. The summed E-state index contributed by atoms with van der Waals surface area (Å²) < 4.78 is 5.36. The third-order valence-corrected chi connectivity index (χ3v) is 2.50. The molecule has 0 aromatic carbocycles. The summed E-state index contributed by atoms with van der Waals surface area (Å²) in [6, 6.07) is 1.81. The van der Waals surface area contributed by atoms with Gasteiger partial charge in [-0.15, -0.1) is 0 Å². The first kappa shape index (κ1) is 13.2. The van der Waals surface area contributed by atoms with Crippen LogP contribution >= 0.6 is 0 Å². The fourth-order valence-corrected chi connectivity index (χ4v) is 1.68. The van der Waals surface area contributed by atoms with Gasteiger partial charge in [-0.25, -0.2) is 0 Å². The number of pyridine rings is 1. The number of aromatic amines is 1. The van der Waals surface area contributed by atoms with Crippen molar-refractivity contribution in [3.63, 3.8) is 0 Å². The molecule has 0 saturated heterocycles. The van der Waals surface area contributed by atoms with Gasteiger partial charge in [0.2, 0.25) is 0 Å². The van der Waals surface area contributed by atoms with Crippen LogP contribution in [0.25, 0.3) is 0 Å². The molecule has 1 aromatic rings. The molecule has 1 rings (SSSR count). The van der Waals surface area contributed by atoms with Crippen molar-refractivity contribution in [3.8, 4) is 11.9 Å². The predicted molar refractivity (Wildman–Crippen MR) is 61.6 cm³/mol. The van der Waals surface area contributed by atoms with Crippen LogP contribution in [0.1, 0.15) is 29.7 Å². The zero-order valence-corrected chi connectivity index (χ0v) is 9.78. The number of rotatable bonds is 4. The van der Waals surface area contributed by atoms with Crippen LogP contribution in [-0.2, 0) is 4.74 Å². The Morgan fingerprint density at radius 1 is 1.65 bits per heavy atom. The summed E-state index contributed by atoms with van der Waals surface area (Å²) in [4.78, 5) is 13.6. The van der Waals surface area contributed by atoms with Gasteiger partial charge in [0.1, 0.15) is 11.6 Å². The minimum absolute atomic E-state index is 0.0130. The quantitative estimate of drug-likeness (QED) is 0.697. The van der Waals surface area contributed by atoms with E-state index in [0.29, 0.717) is 24.3 Å². The highest BCUT2D eigenvalue weighted by Gasteiger charge is 2.19. The molecule has 0 bridgehead atoms. The highest BCUT2D eigenvalue weighted by molar-refractivity contribution is 5.45. The SMILES string of the molecule is Cc1c(C(C)OCCN)c(O)[nH]c(=O)c1C#N. The van der Waals surface area contributed by atoms with E-state index in [9.17, 15) is 9.90 Å². The van der Waals surface area contributed by atoms with E-state index in [4.69, 9.17) is 15.7 Å². The molecular weight excluding hydrogens is 222 g/mol. The molecule has 1 aromatic heterocycles. The second-order valence-corrected chi connectivity index (χ2v) is 3.63. The van der Waals surface area contributed by atoms with E-state index in [2.05, 4.69) is 4.98 Å². The van der Waals surface area contributed by atoms with E-state index < -0.39 is 11.7 Å². The third-order valence-electron chi connectivity index (χ3n) is 2.50. The number of nitrogens with zero attached hydrogens (tertiary/aromatic N) is 1. The van der Waals surface area contributed by atoms with Crippen LogP contribution in [0.15, 0.2) is 4.79 Å². The van der Waals surface area contributed by atoms with Crippen LogP contribution < -0.4 is 11.3 Å². The van der Waals surface area contributed by atoms with Gasteiger partial charge in [-0.2, -0.15) is 5.26 Å². The molecule has 17 heavy (non-hydrogen) atoms. The van der Waals surface area contributed by atoms with Crippen LogP contribution in [0.3, 0.4) is 0 Å². The minimum Gasteiger partial charge on any atom is -0.494 e. The maximum Gasteiger partial charge on any atom is 0.268 e. The third kappa shape index (κ3) is 2.64. The smallest absolute Gasteiger partial charge is 0.268 e. The summed E-state index contributed by atoms with van der Waals surface area (Å²) >= 11 is 0. The summed E-state index contributed by atoms with van der Waals surface area (Å²) in [5, 5.41) is 18.5. The highest BCUT2D eigenvalue weighted by atomic mass is 16.5. The molecule has 92 valence electrons. The van der Waals surface area contributed by atoms with Crippen molar-refractivity contribution < 1.29 is 9.84 Å². The molecule has 0 aliphatic carbocycles. The lowest BCUT2D eigenvalue weighted by Gasteiger charge is -2.16. The Hall–Kier alpha value is -1.84. The van der Waals surface area contributed by atoms with Crippen molar-refractivity contribution in [3.05, 3.63) is 27.0 Å². The summed E-state index contributed by atoms with van der Waals surface area (Å²) in [6.07, 6.45) is -0.442. The zero-order valence-electron chi connectivity index (χ0n) is 9.78. The molecule has 0 aliphatic rings. The first-order valence-electron chi connectivity index (χ1n) is 5.20. The van der Waals surface area contributed by atoms with E-state index in [1.165, 1.54) is 0 Å². The van der Waals surface area contributed by atoms with Gasteiger partial charge in [-0.1, -0.05) is 0 Å². The summed E-state index contributed by atoms with van der Waals surface area (Å²) in [6.45, 7) is 4.02. The lowest BCUT2D eigenvalue weighted by Crippen LogP contribution is -2.17. The Bertz CT molecular complexity index is 502. The van der Waals surface area contributed by atoms with Crippen molar-refractivity contribution in [1.29, 1.82) is 5.26 Å². The van der Waals surface area contributed by atoms with E-state index in [0.717, 1.165) is 0 Å². The van der Waals surface area contributed by atoms with Gasteiger partial charge in [0.15, 0.2) is 5.88 Å². The van der Waals surface area contributed by atoms with Gasteiger partial charge in [-0.05, 0) is 19.4 Å². The molecule has 0 spiro atoms.